The molecule has 1 unspecified atom stereocenters. The number of alkyl halides is 3. The molecule has 1 aromatic heterocycles. The van der Waals surface area contributed by atoms with Crippen LogP contribution < -0.4 is 5.32 Å². The standard InChI is InChI=1S/C16H24F3N3O3/c1-10(15(25)20-8-6-4-5-7-13(23)24)14-11(2)21-22(12(14)3)9-16(17,18)19/h10H,4-9H2,1-3H3,(H,20,25)(H,23,24). The molecule has 0 aliphatic carbocycles. The van der Waals surface area contributed by atoms with Gasteiger partial charge in [-0.3, -0.25) is 14.3 Å². The van der Waals surface area contributed by atoms with Crippen molar-refractivity contribution < 1.29 is 27.9 Å². The number of hydrogen-bond acceptors (Lipinski definition) is 3. The third kappa shape index (κ3) is 6.75. The number of hydrogen-bond donors (Lipinski definition) is 2. The Hall–Kier alpha value is -2.06. The molecule has 0 spiro atoms. The van der Waals surface area contributed by atoms with E-state index in [1.807, 2.05) is 0 Å². The number of rotatable bonds is 9. The molecule has 1 atom stereocenters. The van der Waals surface area contributed by atoms with Crippen molar-refractivity contribution in [2.24, 2.45) is 0 Å². The minimum absolute atomic E-state index is 0.0983. The number of carbonyl (C=O) groups is 2. The van der Waals surface area contributed by atoms with Gasteiger partial charge in [0.15, 0.2) is 0 Å². The second-order valence-corrected chi connectivity index (χ2v) is 6.07. The number of aromatic nitrogens is 2. The van der Waals surface area contributed by atoms with E-state index in [-0.39, 0.29) is 12.3 Å². The van der Waals surface area contributed by atoms with Crippen LogP contribution in [0.1, 0.15) is 55.5 Å². The topological polar surface area (TPSA) is 84.2 Å². The molecule has 9 heteroatoms. The first kappa shape index (κ1) is 21.0. The predicted octanol–water partition coefficient (Wildman–Crippen LogP) is 2.93. The van der Waals surface area contributed by atoms with Crippen LogP contribution in [0.4, 0.5) is 13.2 Å². The Morgan fingerprint density at radius 1 is 1.24 bits per heavy atom. The molecule has 0 saturated carbocycles. The number of halogens is 3. The Morgan fingerprint density at radius 3 is 2.44 bits per heavy atom. The van der Waals surface area contributed by atoms with Crippen molar-refractivity contribution in [3.05, 3.63) is 17.0 Å². The molecule has 0 radical (unpaired) electrons. The van der Waals surface area contributed by atoms with Crippen LogP contribution in [-0.2, 0) is 16.1 Å². The monoisotopic (exact) mass is 363 g/mol. The summed E-state index contributed by atoms with van der Waals surface area (Å²) in [4.78, 5) is 22.6. The fraction of sp³-hybridized carbons (Fsp3) is 0.688. The summed E-state index contributed by atoms with van der Waals surface area (Å²) in [6.45, 7) is 3.96. The van der Waals surface area contributed by atoms with Crippen LogP contribution in [0.25, 0.3) is 0 Å². The molecular weight excluding hydrogens is 339 g/mol. The highest BCUT2D eigenvalue weighted by molar-refractivity contribution is 5.83. The van der Waals surface area contributed by atoms with Crippen molar-refractivity contribution in [2.75, 3.05) is 6.54 Å². The van der Waals surface area contributed by atoms with Gasteiger partial charge in [-0.25, -0.2) is 0 Å². The SMILES string of the molecule is Cc1nn(CC(F)(F)F)c(C)c1C(C)C(=O)NCCCCCC(=O)O. The summed E-state index contributed by atoms with van der Waals surface area (Å²) in [7, 11) is 0. The molecule has 6 nitrogen and oxygen atoms in total. The predicted molar refractivity (Wildman–Crippen MR) is 85.3 cm³/mol. The van der Waals surface area contributed by atoms with Crippen LogP contribution >= 0.6 is 0 Å². The number of carboxylic acid groups (broad SMARTS) is 1. The number of aliphatic carboxylic acids is 1. The van der Waals surface area contributed by atoms with Gasteiger partial charge in [-0.15, -0.1) is 0 Å². The first-order chi connectivity index (χ1) is 11.5. The molecule has 0 aliphatic heterocycles. The van der Waals surface area contributed by atoms with E-state index in [1.54, 1.807) is 13.8 Å². The van der Waals surface area contributed by atoms with Crippen molar-refractivity contribution in [3.8, 4) is 0 Å². The number of carbonyl (C=O) groups excluding carboxylic acids is 1. The molecule has 1 amide bonds. The van der Waals surface area contributed by atoms with E-state index < -0.39 is 24.6 Å². The van der Waals surface area contributed by atoms with Gasteiger partial charge in [-0.1, -0.05) is 6.42 Å². The van der Waals surface area contributed by atoms with Gasteiger partial charge in [0.1, 0.15) is 6.54 Å². The van der Waals surface area contributed by atoms with Crippen LogP contribution in [-0.4, -0.2) is 39.5 Å². The molecule has 1 heterocycles. The second kappa shape index (κ2) is 8.87. The fourth-order valence-corrected chi connectivity index (χ4v) is 2.73. The molecule has 142 valence electrons. The normalized spacial score (nSPS) is 12.9. The van der Waals surface area contributed by atoms with Gasteiger partial charge in [-0.2, -0.15) is 18.3 Å². The number of carboxylic acids is 1. The van der Waals surface area contributed by atoms with E-state index >= 15 is 0 Å². The van der Waals surface area contributed by atoms with E-state index in [2.05, 4.69) is 10.4 Å². The van der Waals surface area contributed by atoms with Crippen molar-refractivity contribution in [1.29, 1.82) is 0 Å². The quantitative estimate of drug-likeness (QED) is 0.661. The Labute approximate surface area is 144 Å². The van der Waals surface area contributed by atoms with E-state index in [1.165, 1.54) is 6.92 Å². The lowest BCUT2D eigenvalue weighted by Gasteiger charge is -2.14. The lowest BCUT2D eigenvalue weighted by atomic mass is 9.98. The molecule has 0 aromatic carbocycles. The second-order valence-electron chi connectivity index (χ2n) is 6.07. The third-order valence-corrected chi connectivity index (χ3v) is 3.96. The van der Waals surface area contributed by atoms with Gasteiger partial charge >= 0.3 is 12.1 Å². The highest BCUT2D eigenvalue weighted by Gasteiger charge is 2.31. The zero-order valence-corrected chi connectivity index (χ0v) is 14.6. The zero-order valence-electron chi connectivity index (χ0n) is 14.6. The number of aryl methyl sites for hydroxylation is 1. The number of amides is 1. The summed E-state index contributed by atoms with van der Waals surface area (Å²) in [6.07, 6.45) is -2.40. The van der Waals surface area contributed by atoms with Crippen LogP contribution in [0, 0.1) is 13.8 Å². The van der Waals surface area contributed by atoms with Gasteiger partial charge in [0, 0.05) is 24.2 Å². The van der Waals surface area contributed by atoms with Gasteiger partial charge in [0.2, 0.25) is 5.91 Å². The number of nitrogens with one attached hydrogen (secondary N) is 1. The van der Waals surface area contributed by atoms with E-state index in [4.69, 9.17) is 5.11 Å². The molecule has 0 fully saturated rings. The number of nitrogens with zero attached hydrogens (tertiary/aromatic N) is 2. The average Bonchev–Trinajstić information content (AvgIpc) is 2.73. The summed E-state index contributed by atoms with van der Waals surface area (Å²) in [5, 5.41) is 15.2. The summed E-state index contributed by atoms with van der Waals surface area (Å²) in [5.74, 6) is -1.74. The molecule has 0 saturated heterocycles. The zero-order chi connectivity index (χ0) is 19.2. The van der Waals surface area contributed by atoms with E-state index in [0.717, 1.165) is 4.68 Å². The van der Waals surface area contributed by atoms with Gasteiger partial charge in [-0.05, 0) is 33.6 Å². The van der Waals surface area contributed by atoms with Crippen LogP contribution in [0.3, 0.4) is 0 Å². The average molecular weight is 363 g/mol. The van der Waals surface area contributed by atoms with Crippen LogP contribution in [0.5, 0.6) is 0 Å². The molecule has 1 rings (SSSR count). The summed E-state index contributed by atoms with van der Waals surface area (Å²) in [6, 6.07) is 0. The Bertz CT molecular complexity index is 612. The maximum Gasteiger partial charge on any atom is 0.408 e. The lowest BCUT2D eigenvalue weighted by Crippen LogP contribution is -2.29. The maximum atomic E-state index is 12.6. The smallest absolute Gasteiger partial charge is 0.408 e. The maximum absolute atomic E-state index is 12.6. The molecule has 1 aromatic rings. The van der Waals surface area contributed by atoms with Crippen LogP contribution in [0.15, 0.2) is 0 Å². The van der Waals surface area contributed by atoms with E-state index in [9.17, 15) is 22.8 Å². The highest BCUT2D eigenvalue weighted by Crippen LogP contribution is 2.26. The van der Waals surface area contributed by atoms with Gasteiger partial charge < -0.3 is 10.4 Å². The first-order valence-electron chi connectivity index (χ1n) is 8.13. The molecule has 0 bridgehead atoms. The number of unbranched alkanes of at least 4 members (excludes halogenated alkanes) is 2. The fourth-order valence-electron chi connectivity index (χ4n) is 2.73. The third-order valence-electron chi connectivity index (χ3n) is 3.96. The lowest BCUT2D eigenvalue weighted by molar-refractivity contribution is -0.143. The van der Waals surface area contributed by atoms with Gasteiger partial charge in [0.05, 0.1) is 11.6 Å². The summed E-state index contributed by atoms with van der Waals surface area (Å²) >= 11 is 0. The molecule has 0 aliphatic rings. The van der Waals surface area contributed by atoms with E-state index in [0.29, 0.717) is 42.8 Å². The Morgan fingerprint density at radius 2 is 1.88 bits per heavy atom. The summed E-state index contributed by atoms with van der Waals surface area (Å²) in [5.41, 5.74) is 1.25. The molecule has 2 N–H and O–H groups in total. The Balaban J connectivity index is 2.59. The largest absolute Gasteiger partial charge is 0.481 e. The summed E-state index contributed by atoms with van der Waals surface area (Å²) < 4.78 is 38.6. The Kier molecular flexibility index (Phi) is 7.44. The van der Waals surface area contributed by atoms with Crippen molar-refractivity contribution >= 4 is 11.9 Å². The minimum Gasteiger partial charge on any atom is -0.481 e. The minimum atomic E-state index is -4.37. The molecular formula is C16H24F3N3O3. The van der Waals surface area contributed by atoms with Crippen molar-refractivity contribution in [2.45, 2.75) is 65.1 Å². The van der Waals surface area contributed by atoms with Crippen molar-refractivity contribution in [1.82, 2.24) is 15.1 Å². The van der Waals surface area contributed by atoms with Gasteiger partial charge in [0.25, 0.3) is 0 Å². The van der Waals surface area contributed by atoms with Crippen LogP contribution in [0.2, 0.25) is 0 Å². The highest BCUT2D eigenvalue weighted by atomic mass is 19.4. The first-order valence-corrected chi connectivity index (χ1v) is 8.13. The molecule has 25 heavy (non-hydrogen) atoms. The van der Waals surface area contributed by atoms with Crippen molar-refractivity contribution in [3.63, 3.8) is 0 Å².